The van der Waals surface area contributed by atoms with Gasteiger partial charge in [0, 0.05) is 49.2 Å². The van der Waals surface area contributed by atoms with E-state index in [1.807, 2.05) is 66.7 Å². The zero-order valence-corrected chi connectivity index (χ0v) is 29.1. The number of hydrogen-bond acceptors (Lipinski definition) is 5. The topological polar surface area (TPSA) is 65.0 Å². The summed E-state index contributed by atoms with van der Waals surface area (Å²) in [5.41, 5.74) is 13.4. The van der Waals surface area contributed by atoms with Crippen LogP contribution in [0.15, 0.2) is 160 Å². The zero-order chi connectivity index (χ0) is 35.3. The molecule has 0 unspecified atom stereocenters. The third-order valence-corrected chi connectivity index (χ3v) is 10.9. The number of aromatic nitrogens is 3. The van der Waals surface area contributed by atoms with Crippen molar-refractivity contribution in [1.29, 1.82) is 0 Å². The molecule has 250 valence electrons. The van der Waals surface area contributed by atoms with Gasteiger partial charge in [-0.1, -0.05) is 117 Å². The second kappa shape index (κ2) is 11.1. The third-order valence-electron chi connectivity index (χ3n) is 10.9. The van der Waals surface area contributed by atoms with Gasteiger partial charge >= 0.3 is 0 Å². The normalized spacial score (nSPS) is 13.2. The molecule has 5 nitrogen and oxygen atoms in total. The first kappa shape index (κ1) is 29.8. The summed E-state index contributed by atoms with van der Waals surface area (Å²) in [6.07, 6.45) is 0. The molecular weight excluding hydrogens is 651 g/mol. The fourth-order valence-corrected chi connectivity index (χ4v) is 8.31. The van der Waals surface area contributed by atoms with Crippen molar-refractivity contribution >= 4 is 43.9 Å². The second-order valence-corrected chi connectivity index (χ2v) is 14.4. The van der Waals surface area contributed by atoms with E-state index in [1.165, 1.54) is 22.3 Å². The molecule has 0 radical (unpaired) electrons. The molecule has 3 heterocycles. The van der Waals surface area contributed by atoms with Crippen LogP contribution in [0.3, 0.4) is 0 Å². The van der Waals surface area contributed by atoms with Crippen molar-refractivity contribution in [2.45, 2.75) is 19.3 Å². The van der Waals surface area contributed by atoms with Gasteiger partial charge in [-0.3, -0.25) is 0 Å². The molecule has 1 aliphatic rings. The van der Waals surface area contributed by atoms with Crippen molar-refractivity contribution in [3.05, 3.63) is 163 Å². The number of furan rings is 2. The van der Waals surface area contributed by atoms with Crippen molar-refractivity contribution in [3.63, 3.8) is 0 Å². The van der Waals surface area contributed by atoms with Crippen molar-refractivity contribution in [2.24, 2.45) is 0 Å². The van der Waals surface area contributed by atoms with Gasteiger partial charge in [0.15, 0.2) is 17.5 Å². The molecule has 0 fully saturated rings. The molecule has 1 aliphatic carbocycles. The Labute approximate surface area is 305 Å². The van der Waals surface area contributed by atoms with Crippen molar-refractivity contribution in [3.8, 4) is 56.4 Å². The number of hydrogen-bond donors (Lipinski definition) is 0. The molecule has 10 aromatic rings. The summed E-state index contributed by atoms with van der Waals surface area (Å²) in [6.45, 7) is 4.61. The Bertz CT molecular complexity index is 3100. The van der Waals surface area contributed by atoms with Gasteiger partial charge in [0.25, 0.3) is 0 Å². The first-order valence-corrected chi connectivity index (χ1v) is 17.9. The molecule has 0 aliphatic heterocycles. The smallest absolute Gasteiger partial charge is 0.164 e. The van der Waals surface area contributed by atoms with Gasteiger partial charge in [-0.15, -0.1) is 0 Å². The van der Waals surface area contributed by atoms with Crippen molar-refractivity contribution < 1.29 is 8.83 Å². The number of nitrogens with zero attached hydrogens (tertiary/aromatic N) is 3. The summed E-state index contributed by atoms with van der Waals surface area (Å²) >= 11 is 0. The molecule has 7 aromatic carbocycles. The molecular formula is C48H31N3O2. The number of para-hydroxylation sites is 2. The highest BCUT2D eigenvalue weighted by molar-refractivity contribution is 6.09. The standard InChI is InChI=1S/C48H31N3O2/c1-48(2)39-23-19-30(26-37(39)35-21-22-36-33-15-6-9-18-41(33)53-44(36)43(35)48)29-13-10-14-31(25-29)46-49-45(28-11-4-3-5-12-28)50-47(51-46)32-20-24-42-38(27-32)34-16-7-8-17-40(34)52-42/h3-27H,1-2H3. The minimum Gasteiger partial charge on any atom is -0.456 e. The van der Waals surface area contributed by atoms with Crippen LogP contribution in [0, 0.1) is 0 Å². The molecule has 0 N–H and O–H groups in total. The molecule has 0 amide bonds. The van der Waals surface area contributed by atoms with E-state index in [0.717, 1.165) is 71.7 Å². The Hall–Kier alpha value is -6.85. The van der Waals surface area contributed by atoms with E-state index in [4.69, 9.17) is 23.8 Å². The average Bonchev–Trinajstić information content (AvgIpc) is 3.85. The Balaban J connectivity index is 1.04. The monoisotopic (exact) mass is 681 g/mol. The average molecular weight is 682 g/mol. The quantitative estimate of drug-likeness (QED) is 0.185. The summed E-state index contributed by atoms with van der Waals surface area (Å²) in [7, 11) is 0. The maximum atomic E-state index is 6.54. The summed E-state index contributed by atoms with van der Waals surface area (Å²) < 4.78 is 12.7. The van der Waals surface area contributed by atoms with Crippen LogP contribution < -0.4 is 0 Å². The second-order valence-electron chi connectivity index (χ2n) is 14.4. The van der Waals surface area contributed by atoms with Gasteiger partial charge < -0.3 is 8.83 Å². The predicted octanol–water partition coefficient (Wildman–Crippen LogP) is 12.6. The highest BCUT2D eigenvalue weighted by Crippen LogP contribution is 2.53. The van der Waals surface area contributed by atoms with Gasteiger partial charge in [-0.25, -0.2) is 15.0 Å². The maximum absolute atomic E-state index is 6.54. The molecule has 5 heteroatoms. The van der Waals surface area contributed by atoms with Crippen LogP contribution in [-0.2, 0) is 5.41 Å². The van der Waals surface area contributed by atoms with Crippen LogP contribution in [0.4, 0.5) is 0 Å². The third kappa shape index (κ3) is 4.54. The molecule has 0 spiro atoms. The lowest BCUT2D eigenvalue weighted by Gasteiger charge is -2.21. The summed E-state index contributed by atoms with van der Waals surface area (Å²) in [6, 6.07) is 52.5. The van der Waals surface area contributed by atoms with Gasteiger partial charge in [-0.2, -0.15) is 0 Å². The van der Waals surface area contributed by atoms with E-state index >= 15 is 0 Å². The number of benzene rings is 7. The van der Waals surface area contributed by atoms with Gasteiger partial charge in [0.2, 0.25) is 0 Å². The van der Waals surface area contributed by atoms with Gasteiger partial charge in [-0.05, 0) is 76.3 Å². The van der Waals surface area contributed by atoms with E-state index in [0.29, 0.717) is 17.5 Å². The molecule has 0 saturated heterocycles. The first-order valence-electron chi connectivity index (χ1n) is 17.9. The molecule has 0 saturated carbocycles. The lowest BCUT2D eigenvalue weighted by Crippen LogP contribution is -2.15. The Kier molecular flexibility index (Phi) is 6.23. The molecule has 3 aromatic heterocycles. The fourth-order valence-electron chi connectivity index (χ4n) is 8.31. The van der Waals surface area contributed by atoms with E-state index in [2.05, 4.69) is 98.8 Å². The molecule has 0 bridgehead atoms. The Morgan fingerprint density at radius 1 is 0.396 bits per heavy atom. The van der Waals surface area contributed by atoms with Crippen LogP contribution in [0.25, 0.3) is 100 Å². The Morgan fingerprint density at radius 2 is 0.981 bits per heavy atom. The summed E-state index contributed by atoms with van der Waals surface area (Å²) in [5.74, 6) is 1.86. The lowest BCUT2D eigenvalue weighted by atomic mass is 9.81. The fraction of sp³-hybridized carbons (Fsp3) is 0.0625. The predicted molar refractivity (Wildman–Crippen MR) is 214 cm³/mol. The number of fused-ring (bicyclic) bond motifs is 10. The van der Waals surface area contributed by atoms with Crippen LogP contribution in [0.1, 0.15) is 25.0 Å². The SMILES string of the molecule is CC1(C)c2ccc(-c3cccc(-c4nc(-c5ccccc5)nc(-c5ccc6oc7ccccc7c6c5)n4)c3)cc2-c2ccc3c(oc4ccccc43)c21. The number of rotatable bonds is 4. The van der Waals surface area contributed by atoms with Crippen LogP contribution in [0.5, 0.6) is 0 Å². The molecule has 0 atom stereocenters. The highest BCUT2D eigenvalue weighted by atomic mass is 16.3. The van der Waals surface area contributed by atoms with Crippen molar-refractivity contribution in [1.82, 2.24) is 15.0 Å². The zero-order valence-electron chi connectivity index (χ0n) is 29.1. The minimum atomic E-state index is -0.209. The van der Waals surface area contributed by atoms with E-state index in [-0.39, 0.29) is 5.41 Å². The first-order chi connectivity index (χ1) is 26.0. The summed E-state index contributed by atoms with van der Waals surface area (Å²) in [5, 5.41) is 4.42. The minimum absolute atomic E-state index is 0.209. The maximum Gasteiger partial charge on any atom is 0.164 e. The molecule has 53 heavy (non-hydrogen) atoms. The van der Waals surface area contributed by atoms with E-state index in [9.17, 15) is 0 Å². The van der Waals surface area contributed by atoms with Crippen LogP contribution in [-0.4, -0.2) is 15.0 Å². The van der Waals surface area contributed by atoms with Crippen LogP contribution >= 0.6 is 0 Å². The largest absolute Gasteiger partial charge is 0.456 e. The Morgan fingerprint density at radius 3 is 1.77 bits per heavy atom. The molecule has 11 rings (SSSR count). The van der Waals surface area contributed by atoms with Crippen molar-refractivity contribution in [2.75, 3.05) is 0 Å². The van der Waals surface area contributed by atoms with Gasteiger partial charge in [0.1, 0.15) is 22.3 Å². The lowest BCUT2D eigenvalue weighted by molar-refractivity contribution is 0.620. The summed E-state index contributed by atoms with van der Waals surface area (Å²) in [4.78, 5) is 15.1. The van der Waals surface area contributed by atoms with E-state index in [1.54, 1.807) is 0 Å². The van der Waals surface area contributed by atoms with Crippen LogP contribution in [0.2, 0.25) is 0 Å². The highest BCUT2D eigenvalue weighted by Gasteiger charge is 2.38. The van der Waals surface area contributed by atoms with E-state index < -0.39 is 0 Å². The van der Waals surface area contributed by atoms with Gasteiger partial charge in [0.05, 0.1) is 0 Å².